The van der Waals surface area contributed by atoms with Gasteiger partial charge in [0.2, 0.25) is 5.88 Å². The smallest absolute Gasteiger partial charge is 0.421 e. The molecule has 1 N–H and O–H groups in total. The van der Waals surface area contributed by atoms with E-state index < -0.39 is 40.9 Å². The maximum atomic E-state index is 13.1. The Kier molecular flexibility index (Phi) is 5.27. The molecule has 0 saturated carbocycles. The molecule has 1 aliphatic heterocycles. The number of hydrogen-bond donors (Lipinski definition) is 1. The van der Waals surface area contributed by atoms with Crippen LogP contribution in [-0.4, -0.2) is 46.8 Å². The molecular weight excluding hydrogens is 403 g/mol. The molecule has 0 fully saturated rings. The van der Waals surface area contributed by atoms with Crippen LogP contribution in [-0.2, 0) is 6.18 Å². The van der Waals surface area contributed by atoms with E-state index in [1.165, 1.54) is 31.4 Å². The van der Waals surface area contributed by atoms with Crippen LogP contribution < -0.4 is 10.1 Å². The molecule has 0 spiro atoms. The van der Waals surface area contributed by atoms with Crippen LogP contribution in [0.5, 0.6) is 5.88 Å². The third-order valence-corrected chi connectivity index (χ3v) is 4.45. The number of benzene rings is 1. The topological polar surface area (TPSA) is 88.6 Å². The van der Waals surface area contributed by atoms with E-state index in [4.69, 9.17) is 4.74 Å². The van der Waals surface area contributed by atoms with E-state index in [-0.39, 0.29) is 23.3 Å². The largest absolute Gasteiger partial charge is 0.475 e. The molecular formula is C20H18F3N3O4. The van der Waals surface area contributed by atoms with E-state index in [9.17, 15) is 27.6 Å². The Morgan fingerprint density at radius 2 is 1.80 bits per heavy atom. The molecule has 2 aromatic rings. The van der Waals surface area contributed by atoms with Gasteiger partial charge >= 0.3 is 6.18 Å². The van der Waals surface area contributed by atoms with E-state index in [0.717, 1.165) is 17.0 Å². The van der Waals surface area contributed by atoms with Gasteiger partial charge in [0, 0.05) is 18.8 Å². The summed E-state index contributed by atoms with van der Waals surface area (Å²) in [5.41, 5.74) is -1.62. The molecule has 1 aromatic carbocycles. The lowest BCUT2D eigenvalue weighted by Gasteiger charge is -2.26. The van der Waals surface area contributed by atoms with Gasteiger partial charge < -0.3 is 10.1 Å². The van der Waals surface area contributed by atoms with Crippen LogP contribution in [0.15, 0.2) is 36.5 Å². The number of carbonyl (C=O) groups is 3. The summed E-state index contributed by atoms with van der Waals surface area (Å²) in [5, 5.41) is 2.65. The van der Waals surface area contributed by atoms with Crippen molar-refractivity contribution in [1.82, 2.24) is 15.2 Å². The highest BCUT2D eigenvalue weighted by Gasteiger charge is 2.36. The molecule has 3 amide bonds. The van der Waals surface area contributed by atoms with Crippen LogP contribution in [0.2, 0.25) is 0 Å². The lowest BCUT2D eigenvalue weighted by molar-refractivity contribution is -0.139. The van der Waals surface area contributed by atoms with E-state index in [0.29, 0.717) is 0 Å². The zero-order chi connectivity index (χ0) is 22.3. The molecule has 1 aliphatic rings. The Morgan fingerprint density at radius 3 is 2.47 bits per heavy atom. The van der Waals surface area contributed by atoms with Crippen molar-refractivity contribution in [3.05, 3.63) is 58.8 Å². The van der Waals surface area contributed by atoms with Crippen LogP contribution >= 0.6 is 0 Å². The maximum Gasteiger partial charge on any atom is 0.421 e. The molecule has 0 radical (unpaired) electrons. The average Bonchev–Trinajstić information content (AvgIpc) is 2.89. The van der Waals surface area contributed by atoms with Crippen LogP contribution in [0, 0.1) is 0 Å². The number of imide groups is 1. The Labute approximate surface area is 169 Å². The average molecular weight is 421 g/mol. The number of aromatic nitrogens is 1. The Bertz CT molecular complexity index is 1030. The molecule has 0 unspecified atom stereocenters. The quantitative estimate of drug-likeness (QED) is 0.750. The van der Waals surface area contributed by atoms with Crippen molar-refractivity contribution in [1.29, 1.82) is 0 Å². The van der Waals surface area contributed by atoms with Gasteiger partial charge in [-0.05, 0) is 44.2 Å². The summed E-state index contributed by atoms with van der Waals surface area (Å²) in [6, 6.07) is 6.11. The second-order valence-corrected chi connectivity index (χ2v) is 7.41. The predicted octanol–water partition coefficient (Wildman–Crippen LogP) is 2.91. The molecule has 0 bridgehead atoms. The number of alkyl halides is 3. The number of amides is 3. The van der Waals surface area contributed by atoms with Gasteiger partial charge in [-0.25, -0.2) is 4.98 Å². The van der Waals surface area contributed by atoms with Gasteiger partial charge in [0.05, 0.1) is 16.7 Å². The van der Waals surface area contributed by atoms with Gasteiger partial charge in [0.15, 0.2) is 0 Å². The predicted molar refractivity (Wildman–Crippen MR) is 99.1 cm³/mol. The normalized spacial score (nSPS) is 14.0. The first kappa shape index (κ1) is 21.3. The molecule has 7 nitrogen and oxygen atoms in total. The molecule has 10 heteroatoms. The fourth-order valence-electron chi connectivity index (χ4n) is 2.89. The van der Waals surface area contributed by atoms with Crippen LogP contribution in [0.1, 0.15) is 50.5 Å². The van der Waals surface area contributed by atoms with Crippen molar-refractivity contribution in [2.45, 2.75) is 25.6 Å². The number of hydrogen-bond acceptors (Lipinski definition) is 5. The highest BCUT2D eigenvalue weighted by atomic mass is 19.4. The van der Waals surface area contributed by atoms with E-state index in [1.54, 1.807) is 13.8 Å². The van der Waals surface area contributed by atoms with Crippen LogP contribution in [0.4, 0.5) is 13.2 Å². The van der Waals surface area contributed by atoms with Crippen molar-refractivity contribution in [2.75, 3.05) is 13.7 Å². The Hall–Kier alpha value is -3.43. The minimum atomic E-state index is -4.63. The van der Waals surface area contributed by atoms with Gasteiger partial charge in [-0.15, -0.1) is 0 Å². The van der Waals surface area contributed by atoms with Crippen molar-refractivity contribution in [3.63, 3.8) is 0 Å². The first-order chi connectivity index (χ1) is 13.9. The van der Waals surface area contributed by atoms with Crippen molar-refractivity contribution in [2.24, 2.45) is 0 Å². The Balaban J connectivity index is 1.72. The molecule has 1 aromatic heterocycles. The molecule has 158 valence electrons. The summed E-state index contributed by atoms with van der Waals surface area (Å²) in [6.45, 7) is 2.85. The Morgan fingerprint density at radius 1 is 1.13 bits per heavy atom. The summed E-state index contributed by atoms with van der Waals surface area (Å²) < 4.78 is 44.4. The fraction of sp³-hybridized carbons (Fsp3) is 0.300. The zero-order valence-corrected chi connectivity index (χ0v) is 16.3. The van der Waals surface area contributed by atoms with Gasteiger partial charge in [-0.2, -0.15) is 13.2 Å². The van der Waals surface area contributed by atoms with E-state index >= 15 is 0 Å². The number of nitrogens with zero attached hydrogens (tertiary/aromatic N) is 2. The van der Waals surface area contributed by atoms with Crippen LogP contribution in [0.25, 0.3) is 0 Å². The minimum absolute atomic E-state index is 0.118. The summed E-state index contributed by atoms with van der Waals surface area (Å²) in [6.07, 6.45) is -3.45. The van der Waals surface area contributed by atoms with Gasteiger partial charge in [0.25, 0.3) is 17.7 Å². The number of rotatable bonds is 5. The molecule has 30 heavy (non-hydrogen) atoms. The van der Waals surface area contributed by atoms with E-state index in [2.05, 4.69) is 10.3 Å². The second-order valence-electron chi connectivity index (χ2n) is 7.41. The number of pyridine rings is 1. The van der Waals surface area contributed by atoms with Gasteiger partial charge in [-0.3, -0.25) is 19.3 Å². The number of carbonyl (C=O) groups excluding carboxylic acids is 3. The van der Waals surface area contributed by atoms with Gasteiger partial charge in [0.1, 0.15) is 12.2 Å². The third-order valence-electron chi connectivity index (χ3n) is 4.45. The summed E-state index contributed by atoms with van der Waals surface area (Å²) >= 11 is 0. The SMILES string of the molecule is CN1C(=O)c2ccc(C(=O)NC(C)(C)COc3ncccc3C(F)(F)F)cc2C1=O. The highest BCUT2D eigenvalue weighted by molar-refractivity contribution is 6.21. The summed E-state index contributed by atoms with van der Waals surface area (Å²) in [4.78, 5) is 41.2. The lowest BCUT2D eigenvalue weighted by Crippen LogP contribution is -2.48. The first-order valence-corrected chi connectivity index (χ1v) is 8.85. The van der Waals surface area contributed by atoms with E-state index in [1.807, 2.05) is 0 Å². The lowest BCUT2D eigenvalue weighted by atomic mass is 10.0. The fourth-order valence-corrected chi connectivity index (χ4v) is 2.89. The number of nitrogens with one attached hydrogen (secondary N) is 1. The first-order valence-electron chi connectivity index (χ1n) is 8.85. The van der Waals surface area contributed by atoms with Crippen molar-refractivity contribution < 1.29 is 32.3 Å². The molecule has 2 heterocycles. The number of fused-ring (bicyclic) bond motifs is 1. The van der Waals surface area contributed by atoms with Crippen LogP contribution in [0.3, 0.4) is 0 Å². The zero-order valence-electron chi connectivity index (χ0n) is 16.3. The second kappa shape index (κ2) is 7.43. The third kappa shape index (κ3) is 4.12. The molecule has 0 atom stereocenters. The molecule has 0 saturated heterocycles. The summed E-state index contributed by atoms with van der Waals surface area (Å²) in [7, 11) is 1.34. The highest BCUT2D eigenvalue weighted by Crippen LogP contribution is 2.34. The van der Waals surface area contributed by atoms with Gasteiger partial charge in [-0.1, -0.05) is 0 Å². The minimum Gasteiger partial charge on any atom is -0.475 e. The molecule has 0 aliphatic carbocycles. The monoisotopic (exact) mass is 421 g/mol. The number of halogens is 3. The summed E-state index contributed by atoms with van der Waals surface area (Å²) in [5.74, 6) is -2.12. The maximum absolute atomic E-state index is 13.1. The standard InChI is InChI=1S/C20H18F3N3O4/c1-19(2,10-30-16-14(20(21,22)23)5-4-8-24-16)25-15(27)11-6-7-12-13(9-11)18(29)26(3)17(12)28/h4-9H,10H2,1-3H3,(H,25,27). The number of ether oxygens (including phenoxy) is 1. The van der Waals surface area contributed by atoms with Crippen molar-refractivity contribution >= 4 is 17.7 Å². The van der Waals surface area contributed by atoms with Crippen molar-refractivity contribution in [3.8, 4) is 5.88 Å². The molecule has 3 rings (SSSR count).